The number of hydrogen-bond donors (Lipinski definition) is 1. The van der Waals surface area contributed by atoms with Crippen LogP contribution >= 0.6 is 12.4 Å². The van der Waals surface area contributed by atoms with E-state index in [9.17, 15) is 10.1 Å². The van der Waals surface area contributed by atoms with Crippen LogP contribution in [0.3, 0.4) is 0 Å². The molecule has 0 spiro atoms. The smallest absolute Gasteiger partial charge is 0.280 e. The SMILES string of the molecule is CC(CNc1c2ccccc2nc2cccc([N+](=O)[O-])c12)N(C)C.Cl. The van der Waals surface area contributed by atoms with Crippen LogP contribution in [0.15, 0.2) is 42.5 Å². The normalized spacial score (nSPS) is 12.2. The maximum atomic E-state index is 11.5. The first-order valence-corrected chi connectivity index (χ1v) is 7.85. The van der Waals surface area contributed by atoms with Gasteiger partial charge in [-0.25, -0.2) is 4.98 Å². The first-order chi connectivity index (χ1) is 11.5. The minimum Gasteiger partial charge on any atom is -0.382 e. The van der Waals surface area contributed by atoms with Gasteiger partial charge in [0.1, 0.15) is 5.39 Å². The Morgan fingerprint density at radius 3 is 2.52 bits per heavy atom. The number of fused-ring (bicyclic) bond motifs is 2. The summed E-state index contributed by atoms with van der Waals surface area (Å²) in [6.07, 6.45) is 0. The van der Waals surface area contributed by atoms with E-state index in [0.29, 0.717) is 17.4 Å². The van der Waals surface area contributed by atoms with E-state index in [1.165, 1.54) is 6.07 Å². The summed E-state index contributed by atoms with van der Waals surface area (Å²) in [5.74, 6) is 0. The van der Waals surface area contributed by atoms with Crippen molar-refractivity contribution in [1.82, 2.24) is 9.88 Å². The summed E-state index contributed by atoms with van der Waals surface area (Å²) >= 11 is 0. The molecule has 1 unspecified atom stereocenters. The van der Waals surface area contributed by atoms with Crippen molar-refractivity contribution in [3.05, 3.63) is 52.6 Å². The molecule has 0 amide bonds. The van der Waals surface area contributed by atoms with E-state index in [1.54, 1.807) is 6.07 Å². The topological polar surface area (TPSA) is 71.3 Å². The van der Waals surface area contributed by atoms with Crippen LogP contribution in [0.4, 0.5) is 11.4 Å². The van der Waals surface area contributed by atoms with Crippen LogP contribution in [0.2, 0.25) is 0 Å². The molecule has 0 aliphatic carbocycles. The highest BCUT2D eigenvalue weighted by atomic mass is 35.5. The highest BCUT2D eigenvalue weighted by Crippen LogP contribution is 2.36. The number of nitrogens with one attached hydrogen (secondary N) is 1. The zero-order valence-electron chi connectivity index (χ0n) is 14.4. The molecule has 0 saturated carbocycles. The van der Waals surface area contributed by atoms with Gasteiger partial charge in [0.2, 0.25) is 0 Å². The fourth-order valence-electron chi connectivity index (χ4n) is 2.69. The maximum Gasteiger partial charge on any atom is 0.280 e. The van der Waals surface area contributed by atoms with Gasteiger partial charge in [0.15, 0.2) is 0 Å². The third kappa shape index (κ3) is 3.65. The molecule has 3 rings (SSSR count). The van der Waals surface area contributed by atoms with Crippen molar-refractivity contribution in [2.45, 2.75) is 13.0 Å². The molecule has 3 aromatic rings. The van der Waals surface area contributed by atoms with E-state index in [4.69, 9.17) is 0 Å². The molecule has 1 heterocycles. The van der Waals surface area contributed by atoms with Gasteiger partial charge in [-0.2, -0.15) is 0 Å². The fraction of sp³-hybridized carbons (Fsp3) is 0.278. The van der Waals surface area contributed by atoms with Gasteiger partial charge in [-0.3, -0.25) is 10.1 Å². The fourth-order valence-corrected chi connectivity index (χ4v) is 2.69. The van der Waals surface area contributed by atoms with Gasteiger partial charge in [-0.1, -0.05) is 24.3 Å². The number of nitrogens with zero attached hydrogens (tertiary/aromatic N) is 3. The first-order valence-electron chi connectivity index (χ1n) is 7.85. The molecule has 0 aliphatic rings. The largest absolute Gasteiger partial charge is 0.382 e. The highest BCUT2D eigenvalue weighted by molar-refractivity contribution is 6.11. The Kier molecular flexibility index (Phi) is 5.77. The van der Waals surface area contributed by atoms with Crippen molar-refractivity contribution in [2.24, 2.45) is 0 Å². The molecular weight excluding hydrogens is 340 g/mol. The number of likely N-dealkylation sites (N-methyl/N-ethyl adjacent to an activating group) is 1. The average molecular weight is 361 g/mol. The molecule has 0 radical (unpaired) electrons. The Hall–Kier alpha value is -2.44. The van der Waals surface area contributed by atoms with Gasteiger partial charge in [0.05, 0.1) is 21.6 Å². The molecule has 1 aromatic heterocycles. The van der Waals surface area contributed by atoms with Crippen LogP contribution in [-0.2, 0) is 0 Å². The third-order valence-corrected chi connectivity index (χ3v) is 4.34. The lowest BCUT2D eigenvalue weighted by Gasteiger charge is -2.22. The van der Waals surface area contributed by atoms with Crippen LogP contribution in [0.25, 0.3) is 21.8 Å². The lowest BCUT2D eigenvalue weighted by molar-refractivity contribution is -0.383. The van der Waals surface area contributed by atoms with Crippen LogP contribution < -0.4 is 5.32 Å². The monoisotopic (exact) mass is 360 g/mol. The van der Waals surface area contributed by atoms with E-state index in [2.05, 4.69) is 22.1 Å². The zero-order valence-corrected chi connectivity index (χ0v) is 15.2. The predicted molar refractivity (Wildman–Crippen MR) is 105 cm³/mol. The molecule has 0 bridgehead atoms. The summed E-state index contributed by atoms with van der Waals surface area (Å²) in [7, 11) is 4.02. The summed E-state index contributed by atoms with van der Waals surface area (Å²) in [6.45, 7) is 2.79. The Morgan fingerprint density at radius 2 is 1.84 bits per heavy atom. The Morgan fingerprint density at radius 1 is 1.16 bits per heavy atom. The number of pyridine rings is 1. The van der Waals surface area contributed by atoms with Crippen LogP contribution in [0, 0.1) is 10.1 Å². The van der Waals surface area contributed by atoms with Crippen molar-refractivity contribution in [1.29, 1.82) is 0 Å². The maximum absolute atomic E-state index is 11.5. The van der Waals surface area contributed by atoms with E-state index in [-0.39, 0.29) is 29.1 Å². The van der Waals surface area contributed by atoms with Gasteiger partial charge < -0.3 is 10.2 Å². The van der Waals surface area contributed by atoms with Crippen LogP contribution in [-0.4, -0.2) is 41.5 Å². The van der Waals surface area contributed by atoms with Crippen molar-refractivity contribution in [3.63, 3.8) is 0 Å². The van der Waals surface area contributed by atoms with Crippen molar-refractivity contribution in [2.75, 3.05) is 26.0 Å². The molecule has 2 aromatic carbocycles. The van der Waals surface area contributed by atoms with Crippen molar-refractivity contribution >= 4 is 45.6 Å². The Labute approximate surface area is 152 Å². The third-order valence-electron chi connectivity index (χ3n) is 4.34. The minimum absolute atomic E-state index is 0. The van der Waals surface area contributed by atoms with E-state index >= 15 is 0 Å². The molecule has 0 aliphatic heterocycles. The zero-order chi connectivity index (χ0) is 17.3. The predicted octanol–water partition coefficient (Wildman–Crippen LogP) is 4.08. The highest BCUT2D eigenvalue weighted by Gasteiger charge is 2.19. The van der Waals surface area contributed by atoms with Gasteiger partial charge in [-0.15, -0.1) is 12.4 Å². The van der Waals surface area contributed by atoms with Gasteiger partial charge >= 0.3 is 0 Å². The number of hydrogen-bond acceptors (Lipinski definition) is 5. The average Bonchev–Trinajstić information content (AvgIpc) is 2.57. The second-order valence-corrected chi connectivity index (χ2v) is 6.13. The number of para-hydroxylation sites is 1. The quantitative estimate of drug-likeness (QED) is 0.421. The second-order valence-electron chi connectivity index (χ2n) is 6.13. The van der Waals surface area contributed by atoms with Gasteiger partial charge in [0, 0.05) is 24.0 Å². The Bertz CT molecular complexity index is 914. The lowest BCUT2D eigenvalue weighted by atomic mass is 10.1. The number of rotatable bonds is 5. The Balaban J connectivity index is 0.00000225. The minimum atomic E-state index is -0.348. The number of nitro benzene ring substituents is 1. The number of halogens is 1. The summed E-state index contributed by atoms with van der Waals surface area (Å²) in [6, 6.07) is 13.0. The van der Waals surface area contributed by atoms with Crippen LogP contribution in [0.5, 0.6) is 0 Å². The van der Waals surface area contributed by atoms with Crippen molar-refractivity contribution < 1.29 is 4.92 Å². The summed E-state index contributed by atoms with van der Waals surface area (Å²) in [5.41, 5.74) is 2.30. The summed E-state index contributed by atoms with van der Waals surface area (Å²) in [5, 5.41) is 16.4. The molecule has 25 heavy (non-hydrogen) atoms. The van der Waals surface area contributed by atoms with Gasteiger partial charge in [-0.05, 0) is 33.2 Å². The summed E-state index contributed by atoms with van der Waals surface area (Å²) in [4.78, 5) is 17.8. The number of anilines is 1. The molecule has 0 fully saturated rings. The molecule has 132 valence electrons. The number of aromatic nitrogens is 1. The lowest BCUT2D eigenvalue weighted by Crippen LogP contribution is -2.31. The van der Waals surface area contributed by atoms with Crippen LogP contribution in [0.1, 0.15) is 6.92 Å². The molecule has 7 heteroatoms. The number of nitro groups is 1. The number of benzene rings is 2. The number of non-ortho nitro benzene ring substituents is 1. The molecule has 1 N–H and O–H groups in total. The second kappa shape index (κ2) is 7.63. The van der Waals surface area contributed by atoms with Gasteiger partial charge in [0.25, 0.3) is 5.69 Å². The van der Waals surface area contributed by atoms with E-state index in [1.807, 2.05) is 44.4 Å². The van der Waals surface area contributed by atoms with E-state index < -0.39 is 0 Å². The van der Waals surface area contributed by atoms with Crippen molar-refractivity contribution in [3.8, 4) is 0 Å². The summed E-state index contributed by atoms with van der Waals surface area (Å²) < 4.78 is 0. The molecule has 6 nitrogen and oxygen atoms in total. The standard InChI is InChI=1S/C18H20N4O2.ClH/c1-12(21(2)3)11-19-18-13-7-4-5-8-14(13)20-15-9-6-10-16(17(15)18)22(23)24;/h4-10,12H,11H2,1-3H3,(H,19,20);1H. The molecule has 0 saturated heterocycles. The first kappa shape index (κ1) is 18.9. The molecule has 1 atom stereocenters. The molecular formula is C18H21ClN4O2. The van der Waals surface area contributed by atoms with E-state index in [0.717, 1.165) is 16.6 Å².